The van der Waals surface area contributed by atoms with Crippen molar-refractivity contribution in [1.29, 1.82) is 0 Å². The van der Waals surface area contributed by atoms with Gasteiger partial charge >= 0.3 is 11.8 Å². The van der Waals surface area contributed by atoms with Crippen molar-refractivity contribution in [2.75, 3.05) is 60.0 Å². The molecule has 3 heterocycles. The molecular formula is C28H42N6O5S. The minimum Gasteiger partial charge on any atom is -0.497 e. The third kappa shape index (κ3) is 6.19. The van der Waals surface area contributed by atoms with Crippen LogP contribution in [-0.4, -0.2) is 110 Å². The summed E-state index contributed by atoms with van der Waals surface area (Å²) in [6, 6.07) is 4.22. The summed E-state index contributed by atoms with van der Waals surface area (Å²) in [5.41, 5.74) is 1.17. The number of piperidine rings is 1. The van der Waals surface area contributed by atoms with Crippen molar-refractivity contribution in [2.45, 2.75) is 63.4 Å². The number of likely N-dealkylation sites (tertiary alicyclic amines) is 1. The average molecular weight is 575 g/mol. The Hall–Kier alpha value is -2.54. The third-order valence-corrected chi connectivity index (χ3v) is 10.9. The number of carbonyl (C=O) groups is 1. The number of methoxy groups -OCH3 is 1. The summed E-state index contributed by atoms with van der Waals surface area (Å²) in [4.78, 5) is 20.2. The predicted molar refractivity (Wildman–Crippen MR) is 150 cm³/mol. The lowest BCUT2D eigenvalue weighted by atomic mass is 9.87. The van der Waals surface area contributed by atoms with E-state index in [1.165, 1.54) is 52.2 Å². The second-order valence-corrected chi connectivity index (χ2v) is 13.5. The van der Waals surface area contributed by atoms with Crippen LogP contribution in [-0.2, 0) is 16.6 Å². The molecule has 1 amide bonds. The third-order valence-electron chi connectivity index (χ3n) is 8.76. The largest absolute Gasteiger partial charge is 0.497 e. The molecular weight excluding hydrogens is 532 g/mol. The van der Waals surface area contributed by atoms with E-state index in [4.69, 9.17) is 9.15 Å². The summed E-state index contributed by atoms with van der Waals surface area (Å²) in [5.74, 6) is 0.997. The number of piperazine rings is 1. The molecule has 0 bridgehead atoms. The van der Waals surface area contributed by atoms with E-state index >= 15 is 0 Å². The first-order valence-electron chi connectivity index (χ1n) is 14.4. The standard InChI is InChI=1S/C28H42N6O5S/c1-20-16-24(38-4)17-21(2)26(20)40(36,37)31(3)19-25-29-30-27(39-25)28(35)34-14-12-32(13-15-34)18-22-8-10-33(11-9-22)23-6-5-7-23/h16-17,22-23H,5-15,18-19H2,1-4H3. The minimum absolute atomic E-state index is 0.0742. The average Bonchev–Trinajstić information content (AvgIpc) is 3.36. The molecule has 0 N–H and O–H groups in total. The Morgan fingerprint density at radius 2 is 1.68 bits per heavy atom. The summed E-state index contributed by atoms with van der Waals surface area (Å²) in [5, 5.41) is 7.91. The second-order valence-electron chi connectivity index (χ2n) is 11.5. The van der Waals surface area contributed by atoms with Gasteiger partial charge in [-0.25, -0.2) is 8.42 Å². The van der Waals surface area contributed by atoms with Crippen molar-refractivity contribution >= 4 is 15.9 Å². The molecule has 12 heteroatoms. The van der Waals surface area contributed by atoms with Crippen LogP contribution in [0.5, 0.6) is 5.75 Å². The van der Waals surface area contributed by atoms with E-state index in [9.17, 15) is 13.2 Å². The van der Waals surface area contributed by atoms with Gasteiger partial charge in [-0.2, -0.15) is 4.31 Å². The first-order valence-corrected chi connectivity index (χ1v) is 15.8. The van der Waals surface area contributed by atoms with Crippen molar-refractivity contribution in [3.63, 3.8) is 0 Å². The molecule has 1 aromatic carbocycles. The molecule has 5 rings (SSSR count). The topological polar surface area (TPSA) is 112 Å². The molecule has 0 unspecified atom stereocenters. The van der Waals surface area contributed by atoms with Gasteiger partial charge in [-0.05, 0) is 81.8 Å². The number of hydrogen-bond donors (Lipinski definition) is 0. The number of nitrogens with zero attached hydrogens (tertiary/aromatic N) is 6. The van der Waals surface area contributed by atoms with Gasteiger partial charge in [0.2, 0.25) is 15.9 Å². The molecule has 220 valence electrons. The van der Waals surface area contributed by atoms with Crippen LogP contribution < -0.4 is 4.74 Å². The highest BCUT2D eigenvalue weighted by Gasteiger charge is 2.32. The van der Waals surface area contributed by atoms with E-state index in [1.807, 2.05) is 0 Å². The van der Waals surface area contributed by atoms with Crippen LogP contribution in [0.4, 0.5) is 0 Å². The quantitative estimate of drug-likeness (QED) is 0.446. The Kier molecular flexibility index (Phi) is 8.79. The van der Waals surface area contributed by atoms with Gasteiger partial charge in [0.1, 0.15) is 5.75 Å². The Bertz CT molecular complexity index is 1270. The van der Waals surface area contributed by atoms with Gasteiger partial charge in [0.25, 0.3) is 0 Å². The predicted octanol–water partition coefficient (Wildman–Crippen LogP) is 2.54. The number of aromatic nitrogens is 2. The van der Waals surface area contributed by atoms with Crippen molar-refractivity contribution in [3.05, 3.63) is 35.0 Å². The zero-order chi connectivity index (χ0) is 28.4. The lowest BCUT2D eigenvalue weighted by Crippen LogP contribution is -2.51. The van der Waals surface area contributed by atoms with Gasteiger partial charge < -0.3 is 19.0 Å². The Morgan fingerprint density at radius 1 is 1.02 bits per heavy atom. The van der Waals surface area contributed by atoms with Crippen LogP contribution in [0.15, 0.2) is 21.4 Å². The number of rotatable bonds is 9. The van der Waals surface area contributed by atoms with Gasteiger partial charge in [0.15, 0.2) is 0 Å². The van der Waals surface area contributed by atoms with E-state index in [1.54, 1.807) is 38.0 Å². The highest BCUT2D eigenvalue weighted by atomic mass is 32.2. The lowest BCUT2D eigenvalue weighted by molar-refractivity contribution is 0.0488. The van der Waals surface area contributed by atoms with E-state index in [0.29, 0.717) is 30.0 Å². The number of hydrogen-bond acceptors (Lipinski definition) is 9. The van der Waals surface area contributed by atoms with Gasteiger partial charge in [0.05, 0.1) is 18.6 Å². The SMILES string of the molecule is COc1cc(C)c(S(=O)(=O)N(C)Cc2nnc(C(=O)N3CCN(CC4CCN(C5CCC5)CC4)CC3)o2)c(C)c1. The summed E-state index contributed by atoms with van der Waals surface area (Å²) in [6.07, 6.45) is 6.67. The zero-order valence-electron chi connectivity index (χ0n) is 24.1. The smallest absolute Gasteiger partial charge is 0.311 e. The molecule has 1 aliphatic carbocycles. The van der Waals surface area contributed by atoms with E-state index in [2.05, 4.69) is 20.0 Å². The van der Waals surface area contributed by atoms with Crippen LogP contribution in [0, 0.1) is 19.8 Å². The van der Waals surface area contributed by atoms with Crippen molar-refractivity contribution in [1.82, 2.24) is 29.2 Å². The van der Waals surface area contributed by atoms with Gasteiger partial charge in [-0.1, -0.05) is 6.42 Å². The summed E-state index contributed by atoms with van der Waals surface area (Å²) >= 11 is 0. The fraction of sp³-hybridized carbons (Fsp3) is 0.679. The monoisotopic (exact) mass is 574 g/mol. The van der Waals surface area contributed by atoms with E-state index < -0.39 is 10.0 Å². The second kappa shape index (κ2) is 12.1. The zero-order valence-corrected chi connectivity index (χ0v) is 25.0. The number of amides is 1. The van der Waals surface area contributed by atoms with Gasteiger partial charge in [0, 0.05) is 45.8 Å². The number of carbonyl (C=O) groups excluding carboxylic acids is 1. The molecule has 0 spiro atoms. The van der Waals surface area contributed by atoms with Crippen LogP contribution in [0.2, 0.25) is 0 Å². The van der Waals surface area contributed by atoms with Crippen LogP contribution in [0.25, 0.3) is 0 Å². The fourth-order valence-electron chi connectivity index (χ4n) is 6.16. The molecule has 0 radical (unpaired) electrons. The Morgan fingerprint density at radius 3 is 2.25 bits per heavy atom. The minimum atomic E-state index is -3.83. The van der Waals surface area contributed by atoms with Crippen molar-refractivity contribution in [2.24, 2.45) is 5.92 Å². The Balaban J connectivity index is 1.11. The number of sulfonamides is 1. The molecule has 2 aliphatic heterocycles. The van der Waals surface area contributed by atoms with Crippen LogP contribution >= 0.6 is 0 Å². The molecule has 2 saturated heterocycles. The number of aryl methyl sites for hydroxylation is 2. The first-order chi connectivity index (χ1) is 19.2. The maximum Gasteiger partial charge on any atom is 0.311 e. The molecule has 40 heavy (non-hydrogen) atoms. The Labute approximate surface area is 237 Å². The molecule has 2 aromatic rings. The van der Waals surface area contributed by atoms with E-state index in [0.717, 1.165) is 35.9 Å². The molecule has 1 saturated carbocycles. The molecule has 11 nitrogen and oxygen atoms in total. The van der Waals surface area contributed by atoms with E-state index in [-0.39, 0.29) is 29.1 Å². The fourth-order valence-corrected chi connectivity index (χ4v) is 7.68. The van der Waals surface area contributed by atoms with Crippen LogP contribution in [0.3, 0.4) is 0 Å². The maximum absolute atomic E-state index is 13.3. The number of ether oxygens (including phenoxy) is 1. The highest BCUT2D eigenvalue weighted by Crippen LogP contribution is 2.30. The summed E-state index contributed by atoms with van der Waals surface area (Å²) < 4.78 is 38.7. The van der Waals surface area contributed by atoms with Crippen LogP contribution in [0.1, 0.15) is 59.8 Å². The molecule has 3 fully saturated rings. The van der Waals surface area contributed by atoms with Crippen molar-refractivity contribution in [3.8, 4) is 5.75 Å². The first kappa shape index (κ1) is 29.0. The molecule has 0 atom stereocenters. The van der Waals surface area contributed by atoms with Gasteiger partial charge in [-0.15, -0.1) is 10.2 Å². The molecule has 3 aliphatic rings. The maximum atomic E-state index is 13.3. The highest BCUT2D eigenvalue weighted by molar-refractivity contribution is 7.89. The lowest BCUT2D eigenvalue weighted by Gasteiger charge is -2.43. The normalized spacial score (nSPS) is 20.2. The molecule has 1 aromatic heterocycles. The van der Waals surface area contributed by atoms with Crippen molar-refractivity contribution < 1.29 is 22.4 Å². The van der Waals surface area contributed by atoms with Gasteiger partial charge in [-0.3, -0.25) is 9.69 Å². The summed E-state index contributed by atoms with van der Waals surface area (Å²) in [6.45, 7) is 9.76. The summed E-state index contributed by atoms with van der Waals surface area (Å²) in [7, 11) is -0.829. The number of benzene rings is 1.